The van der Waals surface area contributed by atoms with Crippen LogP contribution >= 0.6 is 11.3 Å². The Morgan fingerprint density at radius 2 is 2.29 bits per heavy atom. The van der Waals surface area contributed by atoms with Gasteiger partial charge in [-0.05, 0) is 17.5 Å². The molecule has 0 atom stereocenters. The number of aromatic carboxylic acids is 1. The second kappa shape index (κ2) is 5.01. The van der Waals surface area contributed by atoms with E-state index in [-0.39, 0.29) is 35.2 Å². The SMILES string of the molecule is O=C(O)c1cnc2c(c1)N(S(=O)(=O)c1ccsc1)CCO2. The standard InChI is InChI=1S/C12H10N2O5S2/c15-12(16)8-5-10-11(13-6-8)19-3-2-14(10)21(17,18)9-1-4-20-7-9/h1,4-7H,2-3H2,(H,15,16). The van der Waals surface area contributed by atoms with Gasteiger partial charge in [-0.25, -0.2) is 18.2 Å². The number of hydrogen-bond donors (Lipinski definition) is 1. The van der Waals surface area contributed by atoms with Gasteiger partial charge in [0.15, 0.2) is 0 Å². The van der Waals surface area contributed by atoms with Gasteiger partial charge in [0.2, 0.25) is 5.88 Å². The Kier molecular flexibility index (Phi) is 3.30. The highest BCUT2D eigenvalue weighted by atomic mass is 32.2. The highest BCUT2D eigenvalue weighted by Gasteiger charge is 2.31. The number of thiophene rings is 1. The summed E-state index contributed by atoms with van der Waals surface area (Å²) >= 11 is 1.27. The van der Waals surface area contributed by atoms with E-state index in [4.69, 9.17) is 9.84 Å². The molecule has 0 fully saturated rings. The molecule has 21 heavy (non-hydrogen) atoms. The molecule has 1 aliphatic heterocycles. The van der Waals surface area contributed by atoms with Crippen molar-refractivity contribution in [2.45, 2.75) is 4.90 Å². The number of fused-ring (bicyclic) bond motifs is 1. The number of ether oxygens (including phenoxy) is 1. The van der Waals surface area contributed by atoms with E-state index < -0.39 is 16.0 Å². The van der Waals surface area contributed by atoms with Crippen molar-refractivity contribution < 1.29 is 23.1 Å². The maximum absolute atomic E-state index is 12.6. The predicted octanol–water partition coefficient (Wildman–Crippen LogP) is 1.43. The van der Waals surface area contributed by atoms with Gasteiger partial charge in [-0.1, -0.05) is 0 Å². The van der Waals surface area contributed by atoms with Crippen molar-refractivity contribution in [2.75, 3.05) is 17.5 Å². The van der Waals surface area contributed by atoms with Crippen molar-refractivity contribution in [1.29, 1.82) is 0 Å². The zero-order chi connectivity index (χ0) is 15.0. The fraction of sp³-hybridized carbons (Fsp3) is 0.167. The molecule has 110 valence electrons. The van der Waals surface area contributed by atoms with E-state index in [0.29, 0.717) is 0 Å². The number of sulfonamides is 1. The number of carbonyl (C=O) groups is 1. The van der Waals surface area contributed by atoms with Gasteiger partial charge in [-0.3, -0.25) is 4.31 Å². The first kappa shape index (κ1) is 13.8. The lowest BCUT2D eigenvalue weighted by Crippen LogP contribution is -2.38. The monoisotopic (exact) mass is 326 g/mol. The summed E-state index contributed by atoms with van der Waals surface area (Å²) in [5.74, 6) is -1.06. The Labute approximate surface area is 124 Å². The third kappa shape index (κ3) is 2.34. The summed E-state index contributed by atoms with van der Waals surface area (Å²) in [5, 5.41) is 12.2. The van der Waals surface area contributed by atoms with Gasteiger partial charge in [-0.15, -0.1) is 0 Å². The summed E-state index contributed by atoms with van der Waals surface area (Å²) in [5.41, 5.74) is 0.0529. The minimum atomic E-state index is -3.74. The summed E-state index contributed by atoms with van der Waals surface area (Å²) in [6, 6.07) is 2.76. The molecule has 0 radical (unpaired) electrons. The number of carboxylic acid groups (broad SMARTS) is 1. The lowest BCUT2D eigenvalue weighted by atomic mass is 10.2. The van der Waals surface area contributed by atoms with Gasteiger partial charge in [0.25, 0.3) is 10.0 Å². The molecule has 3 heterocycles. The van der Waals surface area contributed by atoms with E-state index in [1.165, 1.54) is 28.8 Å². The Morgan fingerprint density at radius 3 is 2.95 bits per heavy atom. The summed E-state index contributed by atoms with van der Waals surface area (Å²) in [6.07, 6.45) is 1.14. The van der Waals surface area contributed by atoms with Crippen molar-refractivity contribution >= 4 is 33.0 Å². The Hall–Kier alpha value is -2.13. The molecule has 0 spiro atoms. The van der Waals surface area contributed by atoms with Crippen molar-refractivity contribution in [3.8, 4) is 5.88 Å². The van der Waals surface area contributed by atoms with Crippen LogP contribution in [0.4, 0.5) is 5.69 Å². The second-order valence-corrected chi connectivity index (χ2v) is 6.88. The number of rotatable bonds is 3. The molecule has 0 aromatic carbocycles. The molecule has 1 aliphatic rings. The molecule has 0 aliphatic carbocycles. The molecular formula is C12H10N2O5S2. The van der Waals surface area contributed by atoms with E-state index >= 15 is 0 Å². The fourth-order valence-electron chi connectivity index (χ4n) is 1.97. The number of nitrogens with zero attached hydrogens (tertiary/aromatic N) is 2. The molecule has 7 nitrogen and oxygen atoms in total. The molecule has 0 saturated heterocycles. The van der Waals surface area contributed by atoms with E-state index in [1.54, 1.807) is 5.38 Å². The third-order valence-electron chi connectivity index (χ3n) is 2.96. The zero-order valence-corrected chi connectivity index (χ0v) is 12.2. The van der Waals surface area contributed by atoms with Gasteiger partial charge < -0.3 is 9.84 Å². The first-order chi connectivity index (χ1) is 10.00. The Morgan fingerprint density at radius 1 is 1.48 bits per heavy atom. The molecule has 0 amide bonds. The molecule has 0 bridgehead atoms. The third-order valence-corrected chi connectivity index (χ3v) is 5.61. The largest absolute Gasteiger partial charge is 0.478 e. The molecular weight excluding hydrogens is 316 g/mol. The predicted molar refractivity (Wildman–Crippen MR) is 75.5 cm³/mol. The van der Waals surface area contributed by atoms with Gasteiger partial charge in [0, 0.05) is 11.6 Å². The smallest absolute Gasteiger partial charge is 0.337 e. The van der Waals surface area contributed by atoms with Crippen LogP contribution in [0, 0.1) is 0 Å². The van der Waals surface area contributed by atoms with Crippen LogP contribution in [0.2, 0.25) is 0 Å². The maximum Gasteiger partial charge on any atom is 0.337 e. The highest BCUT2D eigenvalue weighted by Crippen LogP contribution is 2.34. The normalized spacial score (nSPS) is 14.4. The van der Waals surface area contributed by atoms with Gasteiger partial charge in [0.05, 0.1) is 17.0 Å². The van der Waals surface area contributed by atoms with Crippen molar-refractivity contribution in [2.24, 2.45) is 0 Å². The van der Waals surface area contributed by atoms with Crippen molar-refractivity contribution in [1.82, 2.24) is 4.98 Å². The van der Waals surface area contributed by atoms with Crippen molar-refractivity contribution in [3.05, 3.63) is 34.7 Å². The zero-order valence-electron chi connectivity index (χ0n) is 10.6. The number of pyridine rings is 1. The summed E-state index contributed by atoms with van der Waals surface area (Å²) < 4.78 is 31.6. The van der Waals surface area contributed by atoms with Gasteiger partial charge in [0.1, 0.15) is 12.3 Å². The van der Waals surface area contributed by atoms with Crippen LogP contribution in [0.15, 0.2) is 34.0 Å². The first-order valence-electron chi connectivity index (χ1n) is 5.91. The van der Waals surface area contributed by atoms with Crippen LogP contribution in [-0.4, -0.2) is 37.6 Å². The summed E-state index contributed by atoms with van der Waals surface area (Å²) in [4.78, 5) is 15.1. The first-order valence-corrected chi connectivity index (χ1v) is 8.29. The molecule has 3 rings (SSSR count). The Balaban J connectivity index is 2.12. The average Bonchev–Trinajstić information content (AvgIpc) is 3.00. The van der Waals surface area contributed by atoms with Gasteiger partial charge >= 0.3 is 5.97 Å². The molecule has 1 N–H and O–H groups in total. The average molecular weight is 326 g/mol. The molecule has 0 saturated carbocycles. The highest BCUT2D eigenvalue weighted by molar-refractivity contribution is 7.93. The number of hydrogen-bond acceptors (Lipinski definition) is 6. The van der Waals surface area contributed by atoms with Crippen LogP contribution < -0.4 is 9.04 Å². The molecule has 0 unspecified atom stereocenters. The van der Waals surface area contributed by atoms with E-state index in [9.17, 15) is 13.2 Å². The lowest BCUT2D eigenvalue weighted by molar-refractivity contribution is 0.0696. The molecule has 9 heteroatoms. The minimum Gasteiger partial charge on any atom is -0.478 e. The number of carboxylic acids is 1. The lowest BCUT2D eigenvalue weighted by Gasteiger charge is -2.29. The second-order valence-electron chi connectivity index (χ2n) is 4.24. The summed E-state index contributed by atoms with van der Waals surface area (Å²) in [6.45, 7) is 0.270. The van der Waals surface area contributed by atoms with E-state index in [1.807, 2.05) is 0 Å². The van der Waals surface area contributed by atoms with Gasteiger partial charge in [-0.2, -0.15) is 11.3 Å². The van der Waals surface area contributed by atoms with Crippen molar-refractivity contribution in [3.63, 3.8) is 0 Å². The van der Waals surface area contributed by atoms with Crippen LogP contribution in [0.1, 0.15) is 10.4 Å². The quantitative estimate of drug-likeness (QED) is 0.916. The van der Waals surface area contributed by atoms with Crippen LogP contribution in [0.25, 0.3) is 0 Å². The Bertz CT molecular complexity index is 786. The van der Waals surface area contributed by atoms with Crippen LogP contribution in [-0.2, 0) is 10.0 Å². The molecule has 2 aromatic rings. The molecule has 2 aromatic heterocycles. The fourth-order valence-corrected chi connectivity index (χ4v) is 4.42. The van der Waals surface area contributed by atoms with E-state index in [2.05, 4.69) is 4.98 Å². The topological polar surface area (TPSA) is 96.8 Å². The van der Waals surface area contributed by atoms with Crippen LogP contribution in [0.5, 0.6) is 5.88 Å². The number of aromatic nitrogens is 1. The summed E-state index contributed by atoms with van der Waals surface area (Å²) in [7, 11) is -3.74. The van der Waals surface area contributed by atoms with E-state index in [0.717, 1.165) is 10.5 Å². The van der Waals surface area contributed by atoms with Crippen LogP contribution in [0.3, 0.4) is 0 Å². The maximum atomic E-state index is 12.6. The number of anilines is 1. The minimum absolute atomic E-state index is 0.0928.